The van der Waals surface area contributed by atoms with Crippen molar-refractivity contribution in [2.75, 3.05) is 0 Å². The molecule has 2 nitrogen and oxygen atoms in total. The average molecular weight is 607 g/mol. The van der Waals surface area contributed by atoms with E-state index in [-0.39, 0.29) is 23.2 Å². The number of benzene rings is 5. The molecule has 44 heavy (non-hydrogen) atoms. The zero-order valence-corrected chi connectivity index (χ0v) is 27.3. The Morgan fingerprint density at radius 1 is 0.659 bits per heavy atom. The molecular weight excluding hydrogens is 567 g/mol. The zero-order chi connectivity index (χ0) is 31.6. The molecule has 0 amide bonds. The molecule has 0 spiro atoms. The molecule has 0 aliphatic rings. The van der Waals surface area contributed by atoms with E-state index in [1.54, 1.807) is 0 Å². The van der Waals surface area contributed by atoms with Gasteiger partial charge in [-0.15, -0.1) is 0 Å². The Balaban J connectivity index is 1.78. The first-order valence-electron chi connectivity index (χ1n) is 15.2. The SMILES string of the molecule is CC(C)C[C@@H](C)Oc1cc(F)cc(F)c1-c1cc([Si](C)(C)C)cc(-c2cc(-c3ccccc3)cc(-c3ccccc3)c2)c1O. The molecule has 0 saturated carbocycles. The molecule has 5 rings (SSSR count). The van der Waals surface area contributed by atoms with Gasteiger partial charge in [-0.2, -0.15) is 0 Å². The lowest BCUT2D eigenvalue weighted by atomic mass is 9.91. The van der Waals surface area contributed by atoms with E-state index in [2.05, 4.69) is 76.0 Å². The third-order valence-electron chi connectivity index (χ3n) is 7.85. The first kappa shape index (κ1) is 31.2. The fraction of sp³-hybridized carbons (Fsp3) is 0.231. The van der Waals surface area contributed by atoms with Crippen molar-refractivity contribution in [3.05, 3.63) is 115 Å². The molecule has 5 heteroatoms. The molecule has 1 atom stereocenters. The molecule has 1 N–H and O–H groups in total. The lowest BCUT2D eigenvalue weighted by Gasteiger charge is -2.24. The second kappa shape index (κ2) is 12.8. The van der Waals surface area contributed by atoms with Crippen LogP contribution in [0.1, 0.15) is 27.2 Å². The summed E-state index contributed by atoms with van der Waals surface area (Å²) in [7, 11) is -1.99. The molecule has 0 saturated heterocycles. The summed E-state index contributed by atoms with van der Waals surface area (Å²) in [6, 6.07) is 32.5. The Kier molecular flexibility index (Phi) is 9.07. The summed E-state index contributed by atoms with van der Waals surface area (Å²) in [6.07, 6.45) is 0.450. The summed E-state index contributed by atoms with van der Waals surface area (Å²) in [5, 5.41) is 13.0. The van der Waals surface area contributed by atoms with E-state index in [4.69, 9.17) is 4.74 Å². The van der Waals surface area contributed by atoms with Gasteiger partial charge in [0.1, 0.15) is 23.1 Å². The standard InChI is InChI=1S/C39H40F2O2Si/c1-25(2)17-26(3)43-37-22-32(40)21-36(41)38(37)35-24-33(44(4,5)6)23-34(39(35)42)31-19-29(27-13-9-7-10-14-27)18-30(20-31)28-15-11-8-12-16-28/h7-16,18-26,42H,17H2,1-6H3/t26-/m1/s1. The highest BCUT2D eigenvalue weighted by Gasteiger charge is 2.26. The Morgan fingerprint density at radius 2 is 1.18 bits per heavy atom. The highest BCUT2D eigenvalue weighted by molar-refractivity contribution is 6.88. The third kappa shape index (κ3) is 6.94. The van der Waals surface area contributed by atoms with Crippen molar-refractivity contribution in [3.8, 4) is 56.0 Å². The van der Waals surface area contributed by atoms with Crippen LogP contribution in [0.5, 0.6) is 11.5 Å². The second-order valence-electron chi connectivity index (χ2n) is 13.0. The van der Waals surface area contributed by atoms with Gasteiger partial charge in [0.2, 0.25) is 0 Å². The molecule has 0 radical (unpaired) electrons. The van der Waals surface area contributed by atoms with E-state index in [0.717, 1.165) is 45.5 Å². The van der Waals surface area contributed by atoms with Crippen LogP contribution in [0.4, 0.5) is 8.78 Å². The van der Waals surface area contributed by atoms with Gasteiger partial charge in [0.05, 0.1) is 19.7 Å². The largest absolute Gasteiger partial charge is 0.507 e. The highest BCUT2D eigenvalue weighted by atomic mass is 28.3. The van der Waals surface area contributed by atoms with Gasteiger partial charge in [0, 0.05) is 23.3 Å². The maximum Gasteiger partial charge on any atom is 0.137 e. The van der Waals surface area contributed by atoms with Crippen LogP contribution in [0.3, 0.4) is 0 Å². The van der Waals surface area contributed by atoms with Gasteiger partial charge in [-0.3, -0.25) is 0 Å². The number of halogens is 2. The first-order valence-corrected chi connectivity index (χ1v) is 18.7. The predicted octanol–water partition coefficient (Wildman–Crippen LogP) is 10.7. The number of hydrogen-bond acceptors (Lipinski definition) is 2. The van der Waals surface area contributed by atoms with Gasteiger partial charge in [-0.1, -0.05) is 111 Å². The number of rotatable bonds is 9. The summed E-state index contributed by atoms with van der Waals surface area (Å²) in [6.45, 7) is 12.7. The molecule has 0 aliphatic carbocycles. The van der Waals surface area contributed by atoms with Crippen LogP contribution in [0.15, 0.2) is 103 Å². The van der Waals surface area contributed by atoms with E-state index in [9.17, 15) is 9.50 Å². The molecule has 226 valence electrons. The Bertz CT molecular complexity index is 1700. The minimum absolute atomic E-state index is 0.0666. The van der Waals surface area contributed by atoms with Gasteiger partial charge >= 0.3 is 0 Å². The number of phenols is 1. The minimum Gasteiger partial charge on any atom is -0.507 e. The monoisotopic (exact) mass is 606 g/mol. The fourth-order valence-electron chi connectivity index (χ4n) is 5.69. The van der Waals surface area contributed by atoms with Crippen molar-refractivity contribution in [2.45, 2.75) is 52.9 Å². The molecule has 0 unspecified atom stereocenters. The van der Waals surface area contributed by atoms with Crippen molar-refractivity contribution in [2.24, 2.45) is 5.92 Å². The predicted molar refractivity (Wildman–Crippen MR) is 182 cm³/mol. The van der Waals surface area contributed by atoms with Crippen molar-refractivity contribution in [3.63, 3.8) is 0 Å². The van der Waals surface area contributed by atoms with E-state index < -0.39 is 19.7 Å². The Hall–Kier alpha value is -4.22. The number of hydrogen-bond donors (Lipinski definition) is 1. The van der Waals surface area contributed by atoms with Gasteiger partial charge in [0.25, 0.3) is 0 Å². The summed E-state index contributed by atoms with van der Waals surface area (Å²) < 4.78 is 36.6. The maximum absolute atomic E-state index is 15.8. The average Bonchev–Trinajstić information content (AvgIpc) is 2.97. The van der Waals surface area contributed by atoms with Gasteiger partial charge in [-0.05, 0) is 65.3 Å². The highest BCUT2D eigenvalue weighted by Crippen LogP contribution is 2.45. The third-order valence-corrected chi connectivity index (χ3v) is 9.87. The van der Waals surface area contributed by atoms with Crippen LogP contribution < -0.4 is 9.92 Å². The number of phenolic OH excluding ortho intramolecular Hbond substituents is 1. The number of aromatic hydroxyl groups is 1. The minimum atomic E-state index is -1.99. The lowest BCUT2D eigenvalue weighted by molar-refractivity contribution is 0.193. The molecular formula is C39H40F2O2Si. The van der Waals surface area contributed by atoms with Gasteiger partial charge < -0.3 is 9.84 Å². The molecule has 0 bridgehead atoms. The molecule has 0 aromatic heterocycles. The van der Waals surface area contributed by atoms with E-state index in [1.165, 1.54) is 6.07 Å². The lowest BCUT2D eigenvalue weighted by Crippen LogP contribution is -2.37. The Morgan fingerprint density at radius 3 is 1.70 bits per heavy atom. The molecule has 0 fully saturated rings. The molecule has 0 heterocycles. The summed E-state index contributed by atoms with van der Waals surface area (Å²) in [5.41, 5.74) is 5.88. The first-order chi connectivity index (χ1) is 20.9. The Labute approximate surface area is 261 Å². The van der Waals surface area contributed by atoms with Crippen molar-refractivity contribution >= 4 is 13.3 Å². The summed E-state index contributed by atoms with van der Waals surface area (Å²) >= 11 is 0. The number of ether oxygens (including phenoxy) is 1. The van der Waals surface area contributed by atoms with Crippen LogP contribution in [0.2, 0.25) is 19.6 Å². The van der Waals surface area contributed by atoms with Crippen molar-refractivity contribution in [1.82, 2.24) is 0 Å². The second-order valence-corrected chi connectivity index (χ2v) is 18.1. The van der Waals surface area contributed by atoms with Crippen LogP contribution >= 0.6 is 0 Å². The van der Waals surface area contributed by atoms with Crippen molar-refractivity contribution in [1.29, 1.82) is 0 Å². The van der Waals surface area contributed by atoms with Crippen LogP contribution in [-0.2, 0) is 0 Å². The summed E-state index contributed by atoms with van der Waals surface area (Å²) in [5.74, 6) is -1.12. The van der Waals surface area contributed by atoms with E-state index in [0.29, 0.717) is 17.0 Å². The smallest absolute Gasteiger partial charge is 0.137 e. The quantitative estimate of drug-likeness (QED) is 0.169. The maximum atomic E-state index is 15.8. The van der Waals surface area contributed by atoms with E-state index in [1.807, 2.05) is 55.5 Å². The molecule has 5 aromatic carbocycles. The molecule has 0 aliphatic heterocycles. The van der Waals surface area contributed by atoms with Gasteiger partial charge in [-0.25, -0.2) is 8.78 Å². The van der Waals surface area contributed by atoms with Crippen LogP contribution in [0.25, 0.3) is 44.5 Å². The molecule has 5 aromatic rings. The fourth-order valence-corrected chi connectivity index (χ4v) is 6.84. The topological polar surface area (TPSA) is 29.5 Å². The summed E-state index contributed by atoms with van der Waals surface area (Å²) in [4.78, 5) is 0. The van der Waals surface area contributed by atoms with Gasteiger partial charge in [0.15, 0.2) is 0 Å². The van der Waals surface area contributed by atoms with Crippen molar-refractivity contribution < 1.29 is 18.6 Å². The van der Waals surface area contributed by atoms with Crippen LogP contribution in [-0.4, -0.2) is 19.3 Å². The normalized spacial score (nSPS) is 12.4. The van der Waals surface area contributed by atoms with Crippen LogP contribution in [0, 0.1) is 17.6 Å². The van der Waals surface area contributed by atoms with E-state index >= 15 is 4.39 Å². The zero-order valence-electron chi connectivity index (χ0n) is 26.3.